The maximum atomic E-state index is 12.6. The number of nitrogens with zero attached hydrogens (tertiary/aromatic N) is 3. The zero-order valence-electron chi connectivity index (χ0n) is 10.8. The second-order valence-corrected chi connectivity index (χ2v) is 5.71. The summed E-state index contributed by atoms with van der Waals surface area (Å²) in [5, 5.41) is 8.39. The van der Waals surface area contributed by atoms with Crippen molar-refractivity contribution >= 4 is 11.3 Å². The van der Waals surface area contributed by atoms with Crippen LogP contribution in [0.2, 0.25) is 0 Å². The quantitative estimate of drug-likeness (QED) is 0.725. The zero-order chi connectivity index (χ0) is 13.5. The second kappa shape index (κ2) is 4.45. The SMILES string of the molecule is O=c1n(-c2ccsc2)nc2n1[C@H](c1ccccc1)CC2. The van der Waals surface area contributed by atoms with Crippen molar-refractivity contribution in [2.75, 3.05) is 0 Å². The van der Waals surface area contributed by atoms with Gasteiger partial charge in [0.2, 0.25) is 0 Å². The first-order chi connectivity index (χ1) is 9.84. The number of hydrogen-bond donors (Lipinski definition) is 0. The molecule has 3 heterocycles. The summed E-state index contributed by atoms with van der Waals surface area (Å²) < 4.78 is 3.36. The van der Waals surface area contributed by atoms with Gasteiger partial charge in [0.1, 0.15) is 5.82 Å². The van der Waals surface area contributed by atoms with Crippen LogP contribution in [-0.4, -0.2) is 14.3 Å². The van der Waals surface area contributed by atoms with E-state index in [-0.39, 0.29) is 11.7 Å². The lowest BCUT2D eigenvalue weighted by molar-refractivity contribution is 0.588. The Morgan fingerprint density at radius 3 is 2.80 bits per heavy atom. The summed E-state index contributed by atoms with van der Waals surface area (Å²) in [6, 6.07) is 12.2. The highest BCUT2D eigenvalue weighted by molar-refractivity contribution is 7.08. The highest BCUT2D eigenvalue weighted by atomic mass is 32.1. The molecule has 4 rings (SSSR count). The van der Waals surface area contributed by atoms with E-state index in [4.69, 9.17) is 0 Å². The summed E-state index contributed by atoms with van der Waals surface area (Å²) in [4.78, 5) is 12.6. The molecule has 0 radical (unpaired) electrons. The lowest BCUT2D eigenvalue weighted by Crippen LogP contribution is -2.26. The number of thiophene rings is 1. The van der Waals surface area contributed by atoms with Gasteiger partial charge in [-0.2, -0.15) is 16.0 Å². The predicted molar refractivity (Wildman–Crippen MR) is 78.6 cm³/mol. The van der Waals surface area contributed by atoms with E-state index in [1.165, 1.54) is 10.2 Å². The van der Waals surface area contributed by atoms with Crippen molar-refractivity contribution in [2.24, 2.45) is 0 Å². The molecule has 4 nitrogen and oxygen atoms in total. The monoisotopic (exact) mass is 283 g/mol. The first kappa shape index (κ1) is 11.7. The molecule has 1 atom stereocenters. The number of aryl methyl sites for hydroxylation is 1. The smallest absolute Gasteiger partial charge is 0.271 e. The first-order valence-corrected chi connectivity index (χ1v) is 7.57. The van der Waals surface area contributed by atoms with E-state index in [0.717, 1.165) is 24.4 Å². The van der Waals surface area contributed by atoms with Gasteiger partial charge in [-0.15, -0.1) is 5.10 Å². The Kier molecular flexibility index (Phi) is 2.60. The molecule has 0 spiro atoms. The van der Waals surface area contributed by atoms with Crippen molar-refractivity contribution in [3.05, 3.63) is 69.0 Å². The van der Waals surface area contributed by atoms with Gasteiger partial charge >= 0.3 is 5.69 Å². The average molecular weight is 283 g/mol. The number of aromatic nitrogens is 3. The van der Waals surface area contributed by atoms with E-state index in [9.17, 15) is 4.79 Å². The highest BCUT2D eigenvalue weighted by Gasteiger charge is 2.29. The fourth-order valence-corrected chi connectivity index (χ4v) is 3.45. The van der Waals surface area contributed by atoms with Crippen LogP contribution in [-0.2, 0) is 6.42 Å². The van der Waals surface area contributed by atoms with Gasteiger partial charge in [-0.05, 0) is 23.4 Å². The van der Waals surface area contributed by atoms with Crippen LogP contribution in [0, 0.1) is 0 Å². The molecule has 20 heavy (non-hydrogen) atoms. The summed E-state index contributed by atoms with van der Waals surface area (Å²) in [5.74, 6) is 0.884. The third-order valence-corrected chi connectivity index (χ3v) is 4.44. The Hall–Kier alpha value is -2.14. The highest BCUT2D eigenvalue weighted by Crippen LogP contribution is 2.29. The van der Waals surface area contributed by atoms with Crippen LogP contribution in [0.1, 0.15) is 23.9 Å². The van der Waals surface area contributed by atoms with Crippen LogP contribution < -0.4 is 5.69 Å². The van der Waals surface area contributed by atoms with Crippen molar-refractivity contribution < 1.29 is 0 Å². The maximum absolute atomic E-state index is 12.6. The minimum atomic E-state index is -0.0373. The summed E-state index contributed by atoms with van der Waals surface area (Å²) in [7, 11) is 0. The van der Waals surface area contributed by atoms with E-state index in [1.807, 2.05) is 39.6 Å². The Morgan fingerprint density at radius 1 is 1.20 bits per heavy atom. The molecule has 0 fully saturated rings. The Labute approximate surface area is 119 Å². The van der Waals surface area contributed by atoms with Gasteiger partial charge in [0.05, 0.1) is 11.7 Å². The lowest BCUT2D eigenvalue weighted by Gasteiger charge is -2.11. The topological polar surface area (TPSA) is 39.8 Å². The van der Waals surface area contributed by atoms with Crippen LogP contribution in [0.15, 0.2) is 52.0 Å². The van der Waals surface area contributed by atoms with E-state index in [2.05, 4.69) is 17.2 Å². The standard InChI is InChI=1S/C15H13N3OS/c19-15-17-13(11-4-2-1-3-5-11)6-7-14(17)16-18(15)12-8-9-20-10-12/h1-5,8-10,13H,6-7H2/t13-/m0/s1. The van der Waals surface area contributed by atoms with E-state index in [0.29, 0.717) is 0 Å². The van der Waals surface area contributed by atoms with E-state index >= 15 is 0 Å². The number of rotatable bonds is 2. The molecule has 1 aromatic carbocycles. The number of hydrogen-bond acceptors (Lipinski definition) is 3. The van der Waals surface area contributed by atoms with Crippen LogP contribution in [0.25, 0.3) is 5.69 Å². The molecule has 2 aromatic heterocycles. The van der Waals surface area contributed by atoms with Crippen molar-refractivity contribution in [1.29, 1.82) is 0 Å². The third kappa shape index (κ3) is 1.67. The van der Waals surface area contributed by atoms with Crippen molar-refractivity contribution in [1.82, 2.24) is 14.3 Å². The Morgan fingerprint density at radius 2 is 2.05 bits per heavy atom. The fourth-order valence-electron chi connectivity index (χ4n) is 2.83. The molecule has 5 heteroatoms. The van der Waals surface area contributed by atoms with E-state index < -0.39 is 0 Å². The normalized spacial score (nSPS) is 17.3. The third-order valence-electron chi connectivity index (χ3n) is 3.77. The molecule has 0 N–H and O–H groups in total. The molecule has 0 bridgehead atoms. The summed E-state index contributed by atoms with van der Waals surface area (Å²) in [5.41, 5.74) is 2.00. The molecular weight excluding hydrogens is 270 g/mol. The van der Waals surface area contributed by atoms with Crippen LogP contribution in [0.5, 0.6) is 0 Å². The predicted octanol–water partition coefficient (Wildman–Crippen LogP) is 2.63. The molecule has 0 saturated carbocycles. The van der Waals surface area contributed by atoms with Gasteiger partial charge in [-0.1, -0.05) is 30.3 Å². The Balaban J connectivity index is 1.85. The molecule has 0 amide bonds. The number of benzene rings is 1. The van der Waals surface area contributed by atoms with Crippen LogP contribution in [0.4, 0.5) is 0 Å². The molecule has 100 valence electrons. The molecule has 0 aliphatic carbocycles. The lowest BCUT2D eigenvalue weighted by atomic mass is 10.1. The summed E-state index contributed by atoms with van der Waals surface area (Å²) in [6.45, 7) is 0. The molecular formula is C15H13N3OS. The van der Waals surface area contributed by atoms with Gasteiger partial charge in [0, 0.05) is 11.8 Å². The Bertz CT molecular complexity index is 786. The largest absolute Gasteiger partial charge is 0.351 e. The maximum Gasteiger partial charge on any atom is 0.351 e. The minimum Gasteiger partial charge on any atom is -0.271 e. The van der Waals surface area contributed by atoms with Crippen molar-refractivity contribution in [3.63, 3.8) is 0 Å². The summed E-state index contributed by atoms with van der Waals surface area (Å²) in [6.07, 6.45) is 1.80. The first-order valence-electron chi connectivity index (χ1n) is 6.62. The van der Waals surface area contributed by atoms with Crippen molar-refractivity contribution in [2.45, 2.75) is 18.9 Å². The average Bonchev–Trinajstić information content (AvgIpc) is 3.18. The van der Waals surface area contributed by atoms with Crippen molar-refractivity contribution in [3.8, 4) is 5.69 Å². The van der Waals surface area contributed by atoms with Gasteiger partial charge in [0.15, 0.2) is 0 Å². The molecule has 1 aliphatic rings. The molecule has 3 aromatic rings. The fraction of sp³-hybridized carbons (Fsp3) is 0.200. The van der Waals surface area contributed by atoms with Crippen LogP contribution in [0.3, 0.4) is 0 Å². The van der Waals surface area contributed by atoms with Gasteiger partial charge in [-0.25, -0.2) is 4.79 Å². The summed E-state index contributed by atoms with van der Waals surface area (Å²) >= 11 is 1.57. The van der Waals surface area contributed by atoms with Gasteiger partial charge in [-0.3, -0.25) is 4.57 Å². The second-order valence-electron chi connectivity index (χ2n) is 4.93. The van der Waals surface area contributed by atoms with E-state index in [1.54, 1.807) is 11.3 Å². The number of fused-ring (bicyclic) bond motifs is 1. The van der Waals surface area contributed by atoms with Gasteiger partial charge in [0.25, 0.3) is 0 Å². The minimum absolute atomic E-state index is 0.0373. The van der Waals surface area contributed by atoms with Gasteiger partial charge < -0.3 is 0 Å². The molecule has 0 unspecified atom stereocenters. The zero-order valence-corrected chi connectivity index (χ0v) is 11.6. The van der Waals surface area contributed by atoms with Crippen LogP contribution >= 0.6 is 11.3 Å². The molecule has 0 saturated heterocycles. The molecule has 1 aliphatic heterocycles.